The number of hydrogen-bond donors (Lipinski definition) is 3. The van der Waals surface area contributed by atoms with Crippen LogP contribution in [0, 0.1) is 0 Å². The number of rotatable bonds is 1. The highest BCUT2D eigenvalue weighted by Gasteiger charge is 2.33. The zero-order valence-corrected chi connectivity index (χ0v) is 6.82. The van der Waals surface area contributed by atoms with Gasteiger partial charge in [-0.2, -0.15) is 0 Å². The maximum Gasteiger partial charge on any atom is 0.157 e. The molecule has 0 aromatic carbocycles. The van der Waals surface area contributed by atoms with Crippen molar-refractivity contribution in [2.75, 3.05) is 7.05 Å². The number of nitrogens with one attached hydrogen (secondary N) is 1. The number of likely N-dealkylation sites (N-methyl/N-ethyl adjacent to an activating group) is 1. The minimum absolute atomic E-state index is 0.0709. The van der Waals surface area contributed by atoms with E-state index >= 15 is 0 Å². The summed E-state index contributed by atoms with van der Waals surface area (Å²) < 4.78 is 5.09. The van der Waals surface area contributed by atoms with Crippen molar-refractivity contribution >= 4 is 0 Å². The van der Waals surface area contributed by atoms with Gasteiger partial charge in [0.05, 0.1) is 18.2 Å². The monoisotopic (exact) mass is 161 g/mol. The molecule has 1 fully saturated rings. The van der Waals surface area contributed by atoms with Crippen LogP contribution in [0.15, 0.2) is 0 Å². The van der Waals surface area contributed by atoms with Gasteiger partial charge in [-0.1, -0.05) is 0 Å². The molecule has 0 radical (unpaired) electrons. The van der Waals surface area contributed by atoms with E-state index < -0.39 is 12.4 Å². The second-order valence-electron chi connectivity index (χ2n) is 2.91. The zero-order valence-electron chi connectivity index (χ0n) is 6.82. The first-order valence-electron chi connectivity index (χ1n) is 3.84. The van der Waals surface area contributed by atoms with Gasteiger partial charge in [-0.15, -0.1) is 0 Å². The molecule has 4 nitrogen and oxygen atoms in total. The fraction of sp³-hybridized carbons (Fsp3) is 1.00. The summed E-state index contributed by atoms with van der Waals surface area (Å²) in [6, 6.07) is -0.0709. The van der Waals surface area contributed by atoms with Gasteiger partial charge in [0.1, 0.15) is 0 Å². The van der Waals surface area contributed by atoms with E-state index in [9.17, 15) is 5.11 Å². The first-order chi connectivity index (χ1) is 5.15. The molecule has 66 valence electrons. The minimum atomic E-state index is -0.815. The SMILES string of the molecule is CN[C@H]1[C@H](O)C[C@@H](O)O[C@@H]1C. The Morgan fingerprint density at radius 3 is 2.55 bits per heavy atom. The van der Waals surface area contributed by atoms with E-state index in [0.717, 1.165) is 0 Å². The molecule has 1 aliphatic rings. The molecule has 0 amide bonds. The lowest BCUT2D eigenvalue weighted by molar-refractivity contribution is -0.195. The quantitative estimate of drug-likeness (QED) is 0.464. The normalized spacial score (nSPS) is 45.8. The largest absolute Gasteiger partial charge is 0.391 e. The molecule has 1 rings (SSSR count). The molecule has 3 N–H and O–H groups in total. The Kier molecular flexibility index (Phi) is 2.84. The van der Waals surface area contributed by atoms with E-state index in [0.29, 0.717) is 0 Å². The van der Waals surface area contributed by atoms with Crippen molar-refractivity contribution in [3.05, 3.63) is 0 Å². The third kappa shape index (κ3) is 1.90. The number of aliphatic hydroxyl groups is 2. The Labute approximate surface area is 66.2 Å². The lowest BCUT2D eigenvalue weighted by Gasteiger charge is -2.35. The van der Waals surface area contributed by atoms with Crippen molar-refractivity contribution in [2.24, 2.45) is 0 Å². The molecule has 0 unspecified atom stereocenters. The molecule has 0 spiro atoms. The van der Waals surface area contributed by atoms with Crippen LogP contribution < -0.4 is 5.32 Å². The van der Waals surface area contributed by atoms with E-state index in [4.69, 9.17) is 9.84 Å². The first-order valence-corrected chi connectivity index (χ1v) is 3.84. The van der Waals surface area contributed by atoms with Gasteiger partial charge >= 0.3 is 0 Å². The summed E-state index contributed by atoms with van der Waals surface area (Å²) in [6.07, 6.45) is -1.18. The van der Waals surface area contributed by atoms with Crippen LogP contribution in [0.4, 0.5) is 0 Å². The molecule has 1 saturated heterocycles. The summed E-state index contributed by atoms with van der Waals surface area (Å²) in [6.45, 7) is 1.83. The van der Waals surface area contributed by atoms with Gasteiger partial charge in [0, 0.05) is 6.42 Å². The Morgan fingerprint density at radius 2 is 2.09 bits per heavy atom. The van der Waals surface area contributed by atoms with Crippen LogP contribution in [-0.4, -0.2) is 41.8 Å². The number of hydrogen-bond acceptors (Lipinski definition) is 4. The number of ether oxygens (including phenoxy) is 1. The predicted octanol–water partition coefficient (Wildman–Crippen LogP) is -0.938. The molecule has 0 bridgehead atoms. The highest BCUT2D eigenvalue weighted by atomic mass is 16.6. The van der Waals surface area contributed by atoms with Crippen molar-refractivity contribution in [1.82, 2.24) is 5.32 Å². The Bertz CT molecular complexity index is 119. The molecule has 1 aliphatic heterocycles. The van der Waals surface area contributed by atoms with Crippen molar-refractivity contribution in [2.45, 2.75) is 37.9 Å². The molecule has 0 aromatic heterocycles. The van der Waals surface area contributed by atoms with Gasteiger partial charge in [-0.25, -0.2) is 0 Å². The Balaban J connectivity index is 2.52. The van der Waals surface area contributed by atoms with Gasteiger partial charge in [-0.05, 0) is 14.0 Å². The summed E-state index contributed by atoms with van der Waals surface area (Å²) in [5.74, 6) is 0. The summed E-state index contributed by atoms with van der Waals surface area (Å²) in [5, 5.41) is 21.4. The summed E-state index contributed by atoms with van der Waals surface area (Å²) in [7, 11) is 1.77. The van der Waals surface area contributed by atoms with Crippen molar-refractivity contribution in [3.8, 4) is 0 Å². The fourth-order valence-corrected chi connectivity index (χ4v) is 1.48. The molecule has 0 aliphatic carbocycles. The Morgan fingerprint density at radius 1 is 1.45 bits per heavy atom. The fourth-order valence-electron chi connectivity index (χ4n) is 1.48. The summed E-state index contributed by atoms with van der Waals surface area (Å²) in [4.78, 5) is 0. The van der Waals surface area contributed by atoms with E-state index in [1.807, 2.05) is 6.92 Å². The highest BCUT2D eigenvalue weighted by molar-refractivity contribution is 4.84. The summed E-state index contributed by atoms with van der Waals surface area (Å²) >= 11 is 0. The maximum absolute atomic E-state index is 9.41. The van der Waals surface area contributed by atoms with E-state index in [2.05, 4.69) is 5.32 Å². The van der Waals surface area contributed by atoms with E-state index in [1.54, 1.807) is 7.05 Å². The first kappa shape index (κ1) is 8.93. The second kappa shape index (κ2) is 3.49. The molecule has 4 atom stereocenters. The van der Waals surface area contributed by atoms with Crippen molar-refractivity contribution in [1.29, 1.82) is 0 Å². The van der Waals surface area contributed by atoms with E-state index in [1.165, 1.54) is 0 Å². The molecule has 4 heteroatoms. The molecule has 1 heterocycles. The topological polar surface area (TPSA) is 61.7 Å². The molecular formula is C7H15NO3. The van der Waals surface area contributed by atoms with Crippen molar-refractivity contribution < 1.29 is 14.9 Å². The van der Waals surface area contributed by atoms with Gasteiger partial charge in [-0.3, -0.25) is 0 Å². The minimum Gasteiger partial charge on any atom is -0.391 e. The third-order valence-corrected chi connectivity index (χ3v) is 2.07. The van der Waals surface area contributed by atoms with Gasteiger partial charge in [0.2, 0.25) is 0 Å². The van der Waals surface area contributed by atoms with Crippen LogP contribution >= 0.6 is 0 Å². The average molecular weight is 161 g/mol. The van der Waals surface area contributed by atoms with Gasteiger partial charge in [0.15, 0.2) is 6.29 Å². The highest BCUT2D eigenvalue weighted by Crippen LogP contribution is 2.17. The van der Waals surface area contributed by atoms with E-state index in [-0.39, 0.29) is 18.6 Å². The van der Waals surface area contributed by atoms with Crippen LogP contribution in [0.3, 0.4) is 0 Å². The molecule has 11 heavy (non-hydrogen) atoms. The zero-order chi connectivity index (χ0) is 8.43. The van der Waals surface area contributed by atoms with Crippen LogP contribution in [0.5, 0.6) is 0 Å². The third-order valence-electron chi connectivity index (χ3n) is 2.07. The van der Waals surface area contributed by atoms with Crippen LogP contribution in [0.25, 0.3) is 0 Å². The van der Waals surface area contributed by atoms with Crippen molar-refractivity contribution in [3.63, 3.8) is 0 Å². The molecular weight excluding hydrogens is 146 g/mol. The van der Waals surface area contributed by atoms with Gasteiger partial charge in [0.25, 0.3) is 0 Å². The second-order valence-corrected chi connectivity index (χ2v) is 2.91. The standard InChI is InChI=1S/C7H15NO3/c1-4-7(8-2)5(9)3-6(10)11-4/h4-10H,3H2,1-2H3/t4-,5-,6+,7-/m1/s1. The van der Waals surface area contributed by atoms with Crippen LogP contribution in [0.1, 0.15) is 13.3 Å². The van der Waals surface area contributed by atoms with Crippen LogP contribution in [-0.2, 0) is 4.74 Å². The smallest absolute Gasteiger partial charge is 0.157 e. The lowest BCUT2D eigenvalue weighted by atomic mass is 10.00. The molecule has 0 saturated carbocycles. The number of aliphatic hydroxyl groups excluding tert-OH is 2. The summed E-state index contributed by atoms with van der Waals surface area (Å²) in [5.41, 5.74) is 0. The Hall–Kier alpha value is -0.160. The lowest BCUT2D eigenvalue weighted by Crippen LogP contribution is -2.53. The maximum atomic E-state index is 9.41. The molecule has 0 aromatic rings. The van der Waals surface area contributed by atoms with Crippen LogP contribution in [0.2, 0.25) is 0 Å². The van der Waals surface area contributed by atoms with Gasteiger partial charge < -0.3 is 20.3 Å². The average Bonchev–Trinajstić information content (AvgIpc) is 1.85. The predicted molar refractivity (Wildman–Crippen MR) is 40.0 cm³/mol.